The molecule has 0 amide bonds. The van der Waals surface area contributed by atoms with Crippen molar-refractivity contribution in [2.24, 2.45) is 0 Å². The normalized spacial score (nSPS) is 13.5. The predicted molar refractivity (Wildman–Crippen MR) is 63.7 cm³/mol. The van der Waals surface area contributed by atoms with E-state index in [2.05, 4.69) is 0 Å². The second-order valence-electron chi connectivity index (χ2n) is 4.57. The van der Waals surface area contributed by atoms with Crippen molar-refractivity contribution in [3.05, 3.63) is 29.6 Å². The highest BCUT2D eigenvalue weighted by Crippen LogP contribution is 2.20. The van der Waals surface area contributed by atoms with Gasteiger partial charge in [-0.05, 0) is 38.5 Å². The van der Waals surface area contributed by atoms with Crippen LogP contribution in [0.2, 0.25) is 0 Å². The van der Waals surface area contributed by atoms with Gasteiger partial charge in [0.2, 0.25) is 0 Å². The Morgan fingerprint density at radius 1 is 1.41 bits per heavy atom. The number of ether oxygens (including phenoxy) is 2. The Hall–Kier alpha value is -1.13. The maximum atomic E-state index is 13.4. The lowest BCUT2D eigenvalue weighted by Crippen LogP contribution is -2.42. The third-order valence-electron chi connectivity index (χ3n) is 2.81. The van der Waals surface area contributed by atoms with E-state index >= 15 is 0 Å². The average Bonchev–Trinajstić information content (AvgIpc) is 2.29. The van der Waals surface area contributed by atoms with Crippen molar-refractivity contribution in [1.82, 2.24) is 0 Å². The van der Waals surface area contributed by atoms with Crippen molar-refractivity contribution in [2.45, 2.75) is 32.5 Å². The first kappa shape index (κ1) is 13.9. The fourth-order valence-electron chi connectivity index (χ4n) is 1.23. The molecule has 17 heavy (non-hydrogen) atoms. The summed E-state index contributed by atoms with van der Waals surface area (Å²) in [6, 6.07) is 4.61. The summed E-state index contributed by atoms with van der Waals surface area (Å²) in [5, 5.41) is 9.83. The summed E-state index contributed by atoms with van der Waals surface area (Å²) in [6.45, 7) is 5.32. The fourth-order valence-corrected chi connectivity index (χ4v) is 1.23. The monoisotopic (exact) mass is 242 g/mol. The molecule has 0 aliphatic heterocycles. The lowest BCUT2D eigenvalue weighted by molar-refractivity contribution is -0.0917. The molecule has 0 saturated carbocycles. The topological polar surface area (TPSA) is 38.7 Å². The number of rotatable bonds is 5. The summed E-state index contributed by atoms with van der Waals surface area (Å²) in [5.41, 5.74) is 0.183. The first-order chi connectivity index (χ1) is 7.86. The van der Waals surface area contributed by atoms with Gasteiger partial charge in [0.15, 0.2) is 11.6 Å². The number of halogens is 1. The van der Waals surface area contributed by atoms with Crippen LogP contribution in [0, 0.1) is 12.7 Å². The van der Waals surface area contributed by atoms with Gasteiger partial charge in [0, 0.05) is 7.11 Å². The molecule has 0 fully saturated rings. The minimum Gasteiger partial charge on any atom is -0.488 e. The van der Waals surface area contributed by atoms with E-state index in [0.717, 1.165) is 5.56 Å². The molecular weight excluding hydrogens is 223 g/mol. The Morgan fingerprint density at radius 3 is 2.65 bits per heavy atom. The fraction of sp³-hybridized carbons (Fsp3) is 0.538. The zero-order chi connectivity index (χ0) is 13.1. The van der Waals surface area contributed by atoms with Gasteiger partial charge < -0.3 is 14.6 Å². The molecule has 0 heterocycles. The first-order valence-corrected chi connectivity index (χ1v) is 5.49. The van der Waals surface area contributed by atoms with Gasteiger partial charge in [-0.2, -0.15) is 0 Å². The van der Waals surface area contributed by atoms with Gasteiger partial charge in [-0.25, -0.2) is 4.39 Å². The van der Waals surface area contributed by atoms with Crippen molar-refractivity contribution in [1.29, 1.82) is 0 Å². The molecule has 1 N–H and O–H groups in total. The van der Waals surface area contributed by atoms with Crippen molar-refractivity contribution in [3.8, 4) is 5.75 Å². The molecule has 1 unspecified atom stereocenters. The van der Waals surface area contributed by atoms with Gasteiger partial charge in [-0.3, -0.25) is 0 Å². The molecule has 0 spiro atoms. The smallest absolute Gasteiger partial charge is 0.165 e. The zero-order valence-electron chi connectivity index (χ0n) is 10.7. The number of hydrogen-bond acceptors (Lipinski definition) is 3. The standard InChI is InChI=1S/C13H19FO3/c1-9-5-6-10(14)11(7-9)17-8-12(15)13(2,3)16-4/h5-7,12,15H,8H2,1-4H3. The van der Waals surface area contributed by atoms with Gasteiger partial charge in [-0.1, -0.05) is 6.07 Å². The van der Waals surface area contributed by atoms with Crippen molar-refractivity contribution >= 4 is 0 Å². The second kappa shape index (κ2) is 5.47. The zero-order valence-corrected chi connectivity index (χ0v) is 10.7. The summed E-state index contributed by atoms with van der Waals surface area (Å²) < 4.78 is 23.7. The Kier molecular flexibility index (Phi) is 4.48. The van der Waals surface area contributed by atoms with Gasteiger partial charge >= 0.3 is 0 Å². The van der Waals surface area contributed by atoms with Gasteiger partial charge in [0.05, 0.1) is 5.60 Å². The molecule has 1 atom stereocenters. The number of aryl methyl sites for hydroxylation is 1. The van der Waals surface area contributed by atoms with Crippen LogP contribution in [0.4, 0.5) is 4.39 Å². The van der Waals surface area contributed by atoms with E-state index in [4.69, 9.17) is 9.47 Å². The minimum atomic E-state index is -0.826. The van der Waals surface area contributed by atoms with E-state index in [-0.39, 0.29) is 12.4 Å². The van der Waals surface area contributed by atoms with E-state index in [9.17, 15) is 9.50 Å². The maximum Gasteiger partial charge on any atom is 0.165 e. The Labute approximate surface area is 101 Å². The molecule has 1 aromatic carbocycles. The lowest BCUT2D eigenvalue weighted by atomic mass is 10.0. The molecule has 0 aliphatic carbocycles. The van der Waals surface area contributed by atoms with Gasteiger partial charge in [-0.15, -0.1) is 0 Å². The molecule has 4 heteroatoms. The molecular formula is C13H19FO3. The third kappa shape index (κ3) is 3.68. The van der Waals surface area contributed by atoms with Crippen LogP contribution in [0.3, 0.4) is 0 Å². The van der Waals surface area contributed by atoms with Crippen LogP contribution in [0.1, 0.15) is 19.4 Å². The van der Waals surface area contributed by atoms with E-state index in [1.165, 1.54) is 13.2 Å². The Morgan fingerprint density at radius 2 is 2.06 bits per heavy atom. The number of aliphatic hydroxyl groups is 1. The molecule has 3 nitrogen and oxygen atoms in total. The van der Waals surface area contributed by atoms with Crippen LogP contribution in [0.15, 0.2) is 18.2 Å². The van der Waals surface area contributed by atoms with Crippen LogP contribution in [0.5, 0.6) is 5.75 Å². The molecule has 1 aromatic rings. The summed E-state index contributed by atoms with van der Waals surface area (Å²) in [7, 11) is 1.51. The average molecular weight is 242 g/mol. The maximum absolute atomic E-state index is 13.4. The number of hydrogen-bond donors (Lipinski definition) is 1. The summed E-state index contributed by atoms with van der Waals surface area (Å²) in [4.78, 5) is 0. The number of benzene rings is 1. The van der Waals surface area contributed by atoms with E-state index < -0.39 is 17.5 Å². The van der Waals surface area contributed by atoms with Crippen molar-refractivity contribution in [3.63, 3.8) is 0 Å². The van der Waals surface area contributed by atoms with Crippen LogP contribution >= 0.6 is 0 Å². The van der Waals surface area contributed by atoms with Crippen LogP contribution < -0.4 is 4.74 Å². The highest BCUT2D eigenvalue weighted by molar-refractivity contribution is 5.29. The summed E-state index contributed by atoms with van der Waals surface area (Å²) in [5.74, 6) is -0.283. The van der Waals surface area contributed by atoms with Crippen molar-refractivity contribution in [2.75, 3.05) is 13.7 Å². The van der Waals surface area contributed by atoms with Crippen molar-refractivity contribution < 1.29 is 19.0 Å². The van der Waals surface area contributed by atoms with Crippen LogP contribution in [-0.2, 0) is 4.74 Å². The highest BCUT2D eigenvalue weighted by Gasteiger charge is 2.28. The van der Waals surface area contributed by atoms with Gasteiger partial charge in [0.1, 0.15) is 12.7 Å². The predicted octanol–water partition coefficient (Wildman–Crippen LogP) is 2.30. The molecule has 0 aromatic heterocycles. The molecule has 1 rings (SSSR count). The van der Waals surface area contributed by atoms with Gasteiger partial charge in [0.25, 0.3) is 0 Å². The third-order valence-corrected chi connectivity index (χ3v) is 2.81. The first-order valence-electron chi connectivity index (χ1n) is 5.49. The van der Waals surface area contributed by atoms with Crippen LogP contribution in [-0.4, -0.2) is 30.5 Å². The summed E-state index contributed by atoms with van der Waals surface area (Å²) in [6.07, 6.45) is -0.826. The molecule has 96 valence electrons. The molecule has 0 aliphatic rings. The van der Waals surface area contributed by atoms with E-state index in [0.29, 0.717) is 0 Å². The summed E-state index contributed by atoms with van der Waals surface area (Å²) >= 11 is 0. The molecule has 0 saturated heterocycles. The molecule has 0 bridgehead atoms. The second-order valence-corrected chi connectivity index (χ2v) is 4.57. The highest BCUT2D eigenvalue weighted by atomic mass is 19.1. The van der Waals surface area contributed by atoms with E-state index in [1.54, 1.807) is 26.0 Å². The quantitative estimate of drug-likeness (QED) is 0.861. The molecule has 0 radical (unpaired) electrons. The van der Waals surface area contributed by atoms with E-state index in [1.807, 2.05) is 6.92 Å². The SMILES string of the molecule is COC(C)(C)C(O)COc1cc(C)ccc1F. The Bertz CT molecular complexity index is 377. The largest absolute Gasteiger partial charge is 0.488 e. The van der Waals surface area contributed by atoms with Crippen LogP contribution in [0.25, 0.3) is 0 Å². The Balaban J connectivity index is 2.64. The minimum absolute atomic E-state index is 0.0127. The number of aliphatic hydroxyl groups excluding tert-OH is 1. The number of methoxy groups -OCH3 is 1. The lowest BCUT2D eigenvalue weighted by Gasteiger charge is -2.28.